The fraction of sp³-hybridized carbons (Fsp3) is 0.417. The van der Waals surface area contributed by atoms with Crippen molar-refractivity contribution in [1.29, 1.82) is 0 Å². The molecular formula is C12H16BN3O. The topological polar surface area (TPSA) is 41.0 Å². The van der Waals surface area contributed by atoms with E-state index in [0.29, 0.717) is 6.04 Å². The van der Waals surface area contributed by atoms with Gasteiger partial charge >= 0.3 is 5.69 Å². The predicted molar refractivity (Wildman–Crippen MR) is 70.9 cm³/mol. The Hall–Kier alpha value is -1.49. The van der Waals surface area contributed by atoms with E-state index < -0.39 is 0 Å². The molecule has 0 spiro atoms. The number of para-hydroxylation sites is 2. The zero-order valence-electron chi connectivity index (χ0n) is 10.0. The van der Waals surface area contributed by atoms with Crippen LogP contribution >= 0.6 is 0 Å². The normalized spacial score (nSPS) is 18.8. The number of rotatable bonds is 1. The number of benzene rings is 1. The molecule has 0 radical (unpaired) electrons. The fourth-order valence-electron chi connectivity index (χ4n) is 2.69. The molecule has 0 unspecified atom stereocenters. The number of imidazole rings is 1. The first-order chi connectivity index (χ1) is 8.25. The molecular weight excluding hydrogens is 213 g/mol. The van der Waals surface area contributed by atoms with E-state index in [1.54, 1.807) is 0 Å². The maximum atomic E-state index is 12.0. The van der Waals surface area contributed by atoms with Crippen molar-refractivity contribution in [2.45, 2.75) is 18.9 Å². The molecule has 4 nitrogen and oxygen atoms in total. The summed E-state index contributed by atoms with van der Waals surface area (Å²) >= 11 is 0. The molecule has 88 valence electrons. The van der Waals surface area contributed by atoms with Crippen molar-refractivity contribution >= 4 is 19.0 Å². The van der Waals surface area contributed by atoms with Crippen LogP contribution in [0.3, 0.4) is 0 Å². The third kappa shape index (κ3) is 1.80. The molecule has 0 atom stereocenters. The Morgan fingerprint density at radius 3 is 2.71 bits per heavy atom. The maximum absolute atomic E-state index is 12.0. The summed E-state index contributed by atoms with van der Waals surface area (Å²) in [6, 6.07) is 8.27. The number of nitrogens with zero attached hydrogens (tertiary/aromatic N) is 2. The van der Waals surface area contributed by atoms with Gasteiger partial charge in [0.05, 0.1) is 11.0 Å². The number of piperidine rings is 1. The van der Waals surface area contributed by atoms with Gasteiger partial charge in [0.1, 0.15) is 0 Å². The first-order valence-electron chi connectivity index (χ1n) is 6.13. The van der Waals surface area contributed by atoms with E-state index in [0.717, 1.165) is 37.0 Å². The highest BCUT2D eigenvalue weighted by atomic mass is 16.1. The number of H-pyrrole nitrogens is 1. The minimum absolute atomic E-state index is 0.0285. The van der Waals surface area contributed by atoms with Crippen molar-refractivity contribution in [3.63, 3.8) is 0 Å². The Balaban J connectivity index is 2.05. The molecule has 1 aromatic carbocycles. The molecule has 1 N–H and O–H groups in total. The molecule has 1 saturated heterocycles. The van der Waals surface area contributed by atoms with E-state index in [9.17, 15) is 4.79 Å². The van der Waals surface area contributed by atoms with Crippen LogP contribution < -0.4 is 5.69 Å². The molecule has 0 aliphatic carbocycles. The van der Waals surface area contributed by atoms with Crippen molar-refractivity contribution in [3.8, 4) is 0 Å². The van der Waals surface area contributed by atoms with Crippen LogP contribution in [-0.4, -0.2) is 35.4 Å². The Morgan fingerprint density at radius 1 is 1.24 bits per heavy atom. The molecule has 1 fully saturated rings. The monoisotopic (exact) mass is 229 g/mol. The number of hydrogen-bond acceptors (Lipinski definition) is 2. The number of fused-ring (bicyclic) bond motifs is 1. The van der Waals surface area contributed by atoms with Gasteiger partial charge in [-0.05, 0) is 38.1 Å². The van der Waals surface area contributed by atoms with Gasteiger partial charge in [-0.15, -0.1) is 0 Å². The second-order valence-electron chi connectivity index (χ2n) is 4.85. The van der Waals surface area contributed by atoms with Crippen molar-refractivity contribution in [2.24, 2.45) is 0 Å². The van der Waals surface area contributed by atoms with Gasteiger partial charge in [0.25, 0.3) is 0 Å². The minimum Gasteiger partial charge on any atom is -0.349 e. The highest BCUT2D eigenvalue weighted by molar-refractivity contribution is 6.04. The van der Waals surface area contributed by atoms with Gasteiger partial charge in [-0.25, -0.2) is 4.79 Å². The molecule has 1 aliphatic rings. The highest BCUT2D eigenvalue weighted by Crippen LogP contribution is 2.23. The van der Waals surface area contributed by atoms with E-state index in [1.807, 2.05) is 28.8 Å². The number of nitrogens with one attached hydrogen (secondary N) is 1. The number of aromatic amines is 1. The molecule has 1 aliphatic heterocycles. The second-order valence-corrected chi connectivity index (χ2v) is 4.85. The van der Waals surface area contributed by atoms with Crippen LogP contribution in [0.1, 0.15) is 18.9 Å². The molecule has 2 heterocycles. The summed E-state index contributed by atoms with van der Waals surface area (Å²) in [5.41, 5.74) is 2.00. The van der Waals surface area contributed by atoms with E-state index in [4.69, 9.17) is 0 Å². The zero-order valence-corrected chi connectivity index (χ0v) is 10.0. The van der Waals surface area contributed by atoms with Gasteiger partial charge < -0.3 is 9.79 Å². The largest absolute Gasteiger partial charge is 0.349 e. The van der Waals surface area contributed by atoms with Crippen LogP contribution in [0.4, 0.5) is 0 Å². The summed E-state index contributed by atoms with van der Waals surface area (Å²) in [5.74, 6) is 0. The number of hydrogen-bond donors (Lipinski definition) is 1. The van der Waals surface area contributed by atoms with Gasteiger partial charge in [-0.3, -0.25) is 4.57 Å². The lowest BCUT2D eigenvalue weighted by molar-refractivity contribution is 0.283. The maximum Gasteiger partial charge on any atom is 0.326 e. The lowest BCUT2D eigenvalue weighted by atomic mass is 10.0. The zero-order chi connectivity index (χ0) is 11.8. The predicted octanol–water partition coefficient (Wildman–Crippen LogP) is 0.515. The molecule has 0 amide bonds. The Morgan fingerprint density at radius 2 is 1.94 bits per heavy atom. The van der Waals surface area contributed by atoms with Crippen LogP contribution in [-0.2, 0) is 0 Å². The van der Waals surface area contributed by atoms with Gasteiger partial charge in [-0.1, -0.05) is 12.1 Å². The highest BCUT2D eigenvalue weighted by Gasteiger charge is 2.21. The molecule has 5 heteroatoms. The van der Waals surface area contributed by atoms with E-state index in [-0.39, 0.29) is 5.69 Å². The summed E-state index contributed by atoms with van der Waals surface area (Å²) in [5, 5.41) is 0. The first kappa shape index (κ1) is 10.7. The average Bonchev–Trinajstić information content (AvgIpc) is 2.66. The van der Waals surface area contributed by atoms with E-state index in [1.165, 1.54) is 0 Å². The quantitative estimate of drug-likeness (QED) is 0.724. The van der Waals surface area contributed by atoms with Crippen molar-refractivity contribution in [3.05, 3.63) is 34.7 Å². The first-order valence-corrected chi connectivity index (χ1v) is 6.13. The van der Waals surface area contributed by atoms with Gasteiger partial charge in [-0.2, -0.15) is 0 Å². The standard InChI is InChI=1S/C12H16BN3O/c13-15-7-5-9(6-8-15)16-11-4-2-1-3-10(11)14-12(16)17/h1-4,9H,5-8,13H2,(H,14,17). The third-order valence-electron chi connectivity index (χ3n) is 3.68. The summed E-state index contributed by atoms with van der Waals surface area (Å²) in [7, 11) is 2.13. The lowest BCUT2D eigenvalue weighted by Crippen LogP contribution is -2.35. The Kier molecular flexibility index (Phi) is 2.55. The smallest absolute Gasteiger partial charge is 0.326 e. The average molecular weight is 229 g/mol. The van der Waals surface area contributed by atoms with Gasteiger partial charge in [0.2, 0.25) is 0 Å². The van der Waals surface area contributed by atoms with Crippen LogP contribution in [0.2, 0.25) is 0 Å². The second kappa shape index (κ2) is 4.07. The SMILES string of the molecule is BN1CCC(n2c(=O)[nH]c3ccccc32)CC1. The van der Waals surface area contributed by atoms with E-state index >= 15 is 0 Å². The molecule has 0 saturated carbocycles. The molecule has 0 bridgehead atoms. The van der Waals surface area contributed by atoms with Crippen molar-refractivity contribution < 1.29 is 0 Å². The molecule has 2 aromatic rings. The van der Waals surface area contributed by atoms with Gasteiger partial charge in [0.15, 0.2) is 7.98 Å². The lowest BCUT2D eigenvalue weighted by Gasteiger charge is -2.30. The summed E-state index contributed by atoms with van der Waals surface area (Å²) < 4.78 is 1.93. The summed E-state index contributed by atoms with van der Waals surface area (Å²) in [6.07, 6.45) is 2.11. The molecule has 1 aromatic heterocycles. The van der Waals surface area contributed by atoms with Crippen LogP contribution in [0.15, 0.2) is 29.1 Å². The van der Waals surface area contributed by atoms with Crippen LogP contribution in [0, 0.1) is 0 Å². The van der Waals surface area contributed by atoms with Crippen LogP contribution in [0.25, 0.3) is 11.0 Å². The molecule has 3 rings (SSSR count). The summed E-state index contributed by atoms with van der Waals surface area (Å²) in [4.78, 5) is 17.3. The fourth-order valence-corrected chi connectivity index (χ4v) is 2.69. The van der Waals surface area contributed by atoms with E-state index in [2.05, 4.69) is 17.8 Å². The van der Waals surface area contributed by atoms with Crippen molar-refractivity contribution in [1.82, 2.24) is 14.4 Å². The van der Waals surface area contributed by atoms with Crippen molar-refractivity contribution in [2.75, 3.05) is 13.1 Å². The van der Waals surface area contributed by atoms with Crippen LogP contribution in [0.5, 0.6) is 0 Å². The Bertz CT molecular complexity index is 581. The molecule has 17 heavy (non-hydrogen) atoms. The number of aromatic nitrogens is 2. The Labute approximate surface area is 101 Å². The minimum atomic E-state index is 0.0285. The summed E-state index contributed by atoms with van der Waals surface area (Å²) in [6.45, 7) is 2.13. The van der Waals surface area contributed by atoms with Gasteiger partial charge in [0, 0.05) is 6.04 Å². The third-order valence-corrected chi connectivity index (χ3v) is 3.68.